The third-order valence-corrected chi connectivity index (χ3v) is 6.39. The van der Waals surface area contributed by atoms with E-state index in [1.807, 2.05) is 0 Å². The number of hydrogen-bond donors (Lipinski definition) is 1. The first-order chi connectivity index (χ1) is 15.6. The summed E-state index contributed by atoms with van der Waals surface area (Å²) in [5.41, 5.74) is 1.19. The molecule has 32 heavy (non-hydrogen) atoms. The minimum absolute atomic E-state index is 0.0975. The van der Waals surface area contributed by atoms with Crippen molar-refractivity contribution < 1.29 is 23.5 Å². The fourth-order valence-corrected chi connectivity index (χ4v) is 4.75. The quantitative estimate of drug-likeness (QED) is 0.634. The molecule has 1 fully saturated rings. The third kappa shape index (κ3) is 4.13. The van der Waals surface area contributed by atoms with Crippen molar-refractivity contribution in [2.45, 2.75) is 25.3 Å². The van der Waals surface area contributed by atoms with Crippen LogP contribution < -0.4 is 14.8 Å². The molecule has 1 aromatic heterocycles. The van der Waals surface area contributed by atoms with Gasteiger partial charge in [-0.05, 0) is 42.7 Å². The zero-order valence-electron chi connectivity index (χ0n) is 16.9. The molecule has 2 aromatic carbocycles. The lowest BCUT2D eigenvalue weighted by atomic mass is 10.1. The van der Waals surface area contributed by atoms with E-state index in [9.17, 15) is 14.0 Å². The van der Waals surface area contributed by atoms with Gasteiger partial charge in [-0.2, -0.15) is 0 Å². The summed E-state index contributed by atoms with van der Waals surface area (Å²) >= 11 is 1.17. The second-order valence-corrected chi connectivity index (χ2v) is 8.53. The second kappa shape index (κ2) is 8.54. The predicted octanol–water partition coefficient (Wildman–Crippen LogP) is 3.56. The van der Waals surface area contributed by atoms with E-state index in [0.717, 1.165) is 12.8 Å². The van der Waals surface area contributed by atoms with Gasteiger partial charge >= 0.3 is 0 Å². The molecule has 3 heterocycles. The predicted molar refractivity (Wildman–Crippen MR) is 114 cm³/mol. The molecule has 1 saturated heterocycles. The highest BCUT2D eigenvalue weighted by atomic mass is 32.1. The van der Waals surface area contributed by atoms with Gasteiger partial charge in [0.25, 0.3) is 5.91 Å². The Morgan fingerprint density at radius 3 is 2.91 bits per heavy atom. The van der Waals surface area contributed by atoms with Gasteiger partial charge in [0.15, 0.2) is 11.5 Å². The van der Waals surface area contributed by atoms with Gasteiger partial charge in [0.2, 0.25) is 17.7 Å². The van der Waals surface area contributed by atoms with E-state index in [2.05, 4.69) is 15.5 Å². The Morgan fingerprint density at radius 1 is 1.16 bits per heavy atom. The van der Waals surface area contributed by atoms with Crippen molar-refractivity contribution in [3.8, 4) is 11.5 Å². The number of anilines is 1. The van der Waals surface area contributed by atoms with E-state index in [1.165, 1.54) is 23.5 Å². The van der Waals surface area contributed by atoms with Crippen LogP contribution in [0.5, 0.6) is 11.5 Å². The van der Waals surface area contributed by atoms with Gasteiger partial charge in [0.1, 0.15) is 10.8 Å². The highest BCUT2D eigenvalue weighted by molar-refractivity contribution is 7.13. The summed E-state index contributed by atoms with van der Waals surface area (Å²) < 4.78 is 24.0. The Bertz CT molecular complexity index is 1180. The van der Waals surface area contributed by atoms with Gasteiger partial charge in [-0.1, -0.05) is 23.5 Å². The first-order valence-corrected chi connectivity index (χ1v) is 11.0. The van der Waals surface area contributed by atoms with Crippen LogP contribution in [0.15, 0.2) is 42.5 Å². The summed E-state index contributed by atoms with van der Waals surface area (Å²) in [6, 6.07) is 10.9. The number of hydrogen-bond acceptors (Lipinski definition) is 7. The van der Waals surface area contributed by atoms with Crippen LogP contribution in [0.4, 0.5) is 10.1 Å². The number of rotatable bonds is 5. The molecule has 3 aromatic rings. The Labute approximate surface area is 187 Å². The number of carbonyl (C=O) groups excluding carboxylic acids is 2. The lowest BCUT2D eigenvalue weighted by Gasteiger charge is -2.22. The maximum absolute atomic E-state index is 13.4. The van der Waals surface area contributed by atoms with Crippen LogP contribution >= 0.6 is 11.3 Å². The van der Waals surface area contributed by atoms with Crippen LogP contribution in [0.2, 0.25) is 0 Å². The normalized spacial score (nSPS) is 16.9. The lowest BCUT2D eigenvalue weighted by Crippen LogP contribution is -2.31. The summed E-state index contributed by atoms with van der Waals surface area (Å²) in [5, 5.41) is 11.8. The molecule has 1 N–H and O–H groups in total. The largest absolute Gasteiger partial charge is 0.454 e. The minimum Gasteiger partial charge on any atom is -0.454 e. The molecular weight excluding hydrogens is 435 g/mol. The van der Waals surface area contributed by atoms with Crippen molar-refractivity contribution in [2.75, 3.05) is 18.7 Å². The molecule has 0 aliphatic carbocycles. The smallest absolute Gasteiger partial charge is 0.286 e. The highest BCUT2D eigenvalue weighted by Gasteiger charge is 2.33. The van der Waals surface area contributed by atoms with Crippen molar-refractivity contribution in [3.63, 3.8) is 0 Å². The molecule has 1 atom stereocenters. The molecule has 8 nitrogen and oxygen atoms in total. The molecule has 5 rings (SSSR count). The van der Waals surface area contributed by atoms with Gasteiger partial charge in [0.05, 0.1) is 12.5 Å². The average Bonchev–Trinajstić information content (AvgIpc) is 3.52. The van der Waals surface area contributed by atoms with Gasteiger partial charge in [-0.25, -0.2) is 4.39 Å². The van der Waals surface area contributed by atoms with Crippen LogP contribution in [0.1, 0.15) is 39.3 Å². The standard InChI is InChI=1S/C22H19FN4O4S/c23-14-4-1-3-13(9-14)10-19(28)27-8-2-5-16(27)21-25-26-22(32-21)20(29)24-15-6-7-17-18(11-15)31-12-30-17/h1,3-4,6-7,9,11,16H,2,5,8,10,12H2,(H,24,29)/t16-/m0/s1. The van der Waals surface area contributed by atoms with Crippen molar-refractivity contribution in [1.82, 2.24) is 15.1 Å². The van der Waals surface area contributed by atoms with E-state index in [-0.39, 0.29) is 41.9 Å². The zero-order chi connectivity index (χ0) is 22.1. The number of likely N-dealkylation sites (tertiary alicyclic amines) is 1. The zero-order valence-corrected chi connectivity index (χ0v) is 17.7. The van der Waals surface area contributed by atoms with E-state index in [1.54, 1.807) is 35.2 Å². The number of benzene rings is 2. The molecule has 2 amide bonds. The molecule has 10 heteroatoms. The molecule has 0 radical (unpaired) electrons. The second-order valence-electron chi connectivity index (χ2n) is 7.52. The van der Waals surface area contributed by atoms with E-state index in [4.69, 9.17) is 9.47 Å². The number of halogens is 1. The van der Waals surface area contributed by atoms with Gasteiger partial charge in [0, 0.05) is 18.3 Å². The Kier molecular flexibility index (Phi) is 5.44. The third-order valence-electron chi connectivity index (χ3n) is 5.37. The number of nitrogens with zero attached hydrogens (tertiary/aromatic N) is 3. The van der Waals surface area contributed by atoms with E-state index >= 15 is 0 Å². The average molecular weight is 454 g/mol. The number of fused-ring (bicyclic) bond motifs is 1. The SMILES string of the molecule is O=C(Nc1ccc2c(c1)OCO2)c1nnc([C@@H]2CCCN2C(=O)Cc2cccc(F)c2)s1. The monoisotopic (exact) mass is 454 g/mol. The summed E-state index contributed by atoms with van der Waals surface area (Å²) in [6.07, 6.45) is 1.69. The van der Waals surface area contributed by atoms with E-state index in [0.29, 0.717) is 34.3 Å². The maximum Gasteiger partial charge on any atom is 0.286 e. The lowest BCUT2D eigenvalue weighted by molar-refractivity contribution is -0.131. The van der Waals surface area contributed by atoms with Gasteiger partial charge in [-0.15, -0.1) is 10.2 Å². The van der Waals surface area contributed by atoms with Crippen molar-refractivity contribution in [2.24, 2.45) is 0 Å². The number of amides is 2. The van der Waals surface area contributed by atoms with Gasteiger partial charge in [-0.3, -0.25) is 9.59 Å². The molecular formula is C22H19FN4O4S. The molecule has 2 aliphatic rings. The summed E-state index contributed by atoms with van der Waals surface area (Å²) in [4.78, 5) is 27.2. The first-order valence-electron chi connectivity index (χ1n) is 10.1. The van der Waals surface area contributed by atoms with Crippen LogP contribution in [0, 0.1) is 5.82 Å². The Hall–Kier alpha value is -3.53. The van der Waals surface area contributed by atoms with Crippen molar-refractivity contribution >= 4 is 28.8 Å². The van der Waals surface area contributed by atoms with Crippen LogP contribution in [-0.4, -0.2) is 40.2 Å². The molecule has 2 aliphatic heterocycles. The molecule has 0 unspecified atom stereocenters. The Balaban J connectivity index is 1.26. The van der Waals surface area contributed by atoms with E-state index < -0.39 is 0 Å². The number of carbonyl (C=O) groups is 2. The van der Waals surface area contributed by atoms with Gasteiger partial charge < -0.3 is 19.7 Å². The fraction of sp³-hybridized carbons (Fsp3) is 0.273. The molecule has 0 saturated carbocycles. The summed E-state index contributed by atoms with van der Waals surface area (Å²) in [7, 11) is 0. The van der Waals surface area contributed by atoms with Crippen LogP contribution in [0.3, 0.4) is 0 Å². The molecule has 0 spiro atoms. The topological polar surface area (TPSA) is 93.7 Å². The van der Waals surface area contributed by atoms with Crippen molar-refractivity contribution in [1.29, 1.82) is 0 Å². The molecule has 164 valence electrons. The fourth-order valence-electron chi connectivity index (χ4n) is 3.86. The summed E-state index contributed by atoms with van der Waals surface area (Å²) in [6.45, 7) is 0.749. The van der Waals surface area contributed by atoms with Crippen molar-refractivity contribution in [3.05, 3.63) is 63.9 Å². The maximum atomic E-state index is 13.4. The summed E-state index contributed by atoms with van der Waals surface area (Å²) in [5.74, 6) is 0.350. The number of nitrogens with one attached hydrogen (secondary N) is 1. The Morgan fingerprint density at radius 2 is 2.03 bits per heavy atom. The van der Waals surface area contributed by atoms with Crippen LogP contribution in [-0.2, 0) is 11.2 Å². The first kappa shape index (κ1) is 20.4. The van der Waals surface area contributed by atoms with Crippen LogP contribution in [0.25, 0.3) is 0 Å². The number of aromatic nitrogens is 2. The molecule has 0 bridgehead atoms. The minimum atomic E-state index is -0.386. The number of ether oxygens (including phenoxy) is 2. The highest BCUT2D eigenvalue weighted by Crippen LogP contribution is 2.36.